The Morgan fingerprint density at radius 1 is 1.45 bits per heavy atom. The second-order valence-electron chi connectivity index (χ2n) is 4.50. The summed E-state index contributed by atoms with van der Waals surface area (Å²) in [6, 6.07) is -1.04. The molecule has 1 aromatic rings. The number of nitrogens with zero attached hydrogens (tertiary/aromatic N) is 2. The Kier molecular flexibility index (Phi) is 7.24. The van der Waals surface area contributed by atoms with Crippen LogP contribution < -0.4 is 16.0 Å². The SMILES string of the molecule is CC(C)CC(NC(=O)NCCCl)C(=O)Nc1nncs1. The Morgan fingerprint density at radius 2 is 2.20 bits per heavy atom. The largest absolute Gasteiger partial charge is 0.337 e. The van der Waals surface area contributed by atoms with Crippen LogP contribution in [0.5, 0.6) is 0 Å². The molecule has 1 rings (SSSR count). The van der Waals surface area contributed by atoms with Crippen molar-refractivity contribution in [3.63, 3.8) is 0 Å². The molecule has 0 saturated heterocycles. The van der Waals surface area contributed by atoms with Gasteiger partial charge in [-0.15, -0.1) is 21.8 Å². The number of aromatic nitrogens is 2. The molecule has 0 aromatic carbocycles. The van der Waals surface area contributed by atoms with E-state index in [0.29, 0.717) is 24.0 Å². The maximum atomic E-state index is 12.1. The molecule has 0 aliphatic carbocycles. The minimum atomic E-state index is -0.630. The highest BCUT2D eigenvalue weighted by molar-refractivity contribution is 7.13. The summed E-state index contributed by atoms with van der Waals surface area (Å²) in [5.74, 6) is 0.268. The molecule has 0 saturated carbocycles. The van der Waals surface area contributed by atoms with Gasteiger partial charge in [0.15, 0.2) is 0 Å². The fraction of sp³-hybridized carbons (Fsp3) is 0.636. The van der Waals surface area contributed by atoms with Gasteiger partial charge in [0.25, 0.3) is 0 Å². The number of hydrogen-bond donors (Lipinski definition) is 3. The van der Waals surface area contributed by atoms with Crippen molar-refractivity contribution in [2.45, 2.75) is 26.3 Å². The Bertz CT molecular complexity index is 426. The molecule has 0 radical (unpaired) electrons. The first-order valence-corrected chi connectivity index (χ1v) is 7.61. The van der Waals surface area contributed by atoms with Crippen molar-refractivity contribution in [3.8, 4) is 0 Å². The van der Waals surface area contributed by atoms with E-state index in [-0.39, 0.29) is 11.8 Å². The molecular weight excluding hydrogens is 302 g/mol. The van der Waals surface area contributed by atoms with Crippen LogP contribution in [-0.2, 0) is 4.79 Å². The van der Waals surface area contributed by atoms with Crippen LogP contribution in [0.3, 0.4) is 0 Å². The molecule has 7 nitrogen and oxygen atoms in total. The van der Waals surface area contributed by atoms with Gasteiger partial charge in [-0.05, 0) is 12.3 Å². The lowest BCUT2D eigenvalue weighted by Crippen LogP contribution is -2.48. The van der Waals surface area contributed by atoms with E-state index in [1.165, 1.54) is 16.8 Å². The zero-order valence-corrected chi connectivity index (χ0v) is 12.9. The maximum absolute atomic E-state index is 12.1. The smallest absolute Gasteiger partial charge is 0.315 e. The summed E-state index contributed by atoms with van der Waals surface area (Å²) in [6.07, 6.45) is 0.527. The van der Waals surface area contributed by atoms with E-state index in [2.05, 4.69) is 26.1 Å². The van der Waals surface area contributed by atoms with Gasteiger partial charge in [-0.25, -0.2) is 4.79 Å². The molecule has 20 heavy (non-hydrogen) atoms. The van der Waals surface area contributed by atoms with Crippen LogP contribution in [0.1, 0.15) is 20.3 Å². The molecule has 9 heteroatoms. The lowest BCUT2D eigenvalue weighted by Gasteiger charge is -2.19. The van der Waals surface area contributed by atoms with Gasteiger partial charge in [0.05, 0.1) is 0 Å². The molecule has 3 N–H and O–H groups in total. The van der Waals surface area contributed by atoms with Crippen LogP contribution in [-0.4, -0.2) is 40.6 Å². The molecule has 0 spiro atoms. The Balaban J connectivity index is 2.58. The van der Waals surface area contributed by atoms with Gasteiger partial charge in [-0.3, -0.25) is 10.1 Å². The second kappa shape index (κ2) is 8.70. The second-order valence-corrected chi connectivity index (χ2v) is 5.72. The quantitative estimate of drug-likeness (QED) is 0.662. The molecule has 0 aliphatic rings. The van der Waals surface area contributed by atoms with Gasteiger partial charge in [0, 0.05) is 12.4 Å². The number of amides is 3. The molecule has 1 unspecified atom stereocenters. The lowest BCUT2D eigenvalue weighted by molar-refractivity contribution is -0.118. The van der Waals surface area contributed by atoms with Gasteiger partial charge >= 0.3 is 6.03 Å². The van der Waals surface area contributed by atoms with Crippen molar-refractivity contribution in [1.82, 2.24) is 20.8 Å². The molecule has 1 atom stereocenters. The fourth-order valence-electron chi connectivity index (χ4n) is 1.49. The summed E-state index contributed by atoms with van der Waals surface area (Å²) in [7, 11) is 0. The average molecular weight is 320 g/mol. The predicted molar refractivity (Wildman–Crippen MR) is 79.0 cm³/mol. The number of carbonyl (C=O) groups excluding carboxylic acids is 2. The molecule has 1 aromatic heterocycles. The predicted octanol–water partition coefficient (Wildman–Crippen LogP) is 1.43. The van der Waals surface area contributed by atoms with E-state index in [9.17, 15) is 9.59 Å². The highest BCUT2D eigenvalue weighted by Gasteiger charge is 2.22. The Morgan fingerprint density at radius 3 is 2.75 bits per heavy atom. The lowest BCUT2D eigenvalue weighted by atomic mass is 10.0. The Labute approximate surface area is 126 Å². The molecule has 112 valence electrons. The van der Waals surface area contributed by atoms with Crippen molar-refractivity contribution in [2.75, 3.05) is 17.7 Å². The van der Waals surface area contributed by atoms with Gasteiger partial charge < -0.3 is 10.6 Å². The minimum Gasteiger partial charge on any atom is -0.337 e. The summed E-state index contributed by atoms with van der Waals surface area (Å²) >= 11 is 6.71. The van der Waals surface area contributed by atoms with Crippen molar-refractivity contribution in [1.29, 1.82) is 0 Å². The third-order valence-electron chi connectivity index (χ3n) is 2.30. The summed E-state index contributed by atoms with van der Waals surface area (Å²) in [4.78, 5) is 23.7. The first-order valence-electron chi connectivity index (χ1n) is 6.20. The molecular formula is C11H18ClN5O2S. The monoisotopic (exact) mass is 319 g/mol. The Hall–Kier alpha value is -1.41. The highest BCUT2D eigenvalue weighted by atomic mass is 35.5. The first kappa shape index (κ1) is 16.6. The normalized spacial score (nSPS) is 12.0. The van der Waals surface area contributed by atoms with Crippen LogP contribution in [0, 0.1) is 5.92 Å². The summed E-state index contributed by atoms with van der Waals surface area (Å²) in [6.45, 7) is 4.30. The van der Waals surface area contributed by atoms with E-state index >= 15 is 0 Å². The number of anilines is 1. The zero-order chi connectivity index (χ0) is 15.0. The highest BCUT2D eigenvalue weighted by Crippen LogP contribution is 2.11. The zero-order valence-electron chi connectivity index (χ0n) is 11.4. The number of carbonyl (C=O) groups is 2. The van der Waals surface area contributed by atoms with Gasteiger partial charge in [0.1, 0.15) is 11.6 Å². The summed E-state index contributed by atoms with van der Waals surface area (Å²) in [5, 5.41) is 15.6. The molecule has 3 amide bonds. The number of rotatable bonds is 7. The van der Waals surface area contributed by atoms with Crippen LogP contribution in [0.25, 0.3) is 0 Å². The van der Waals surface area contributed by atoms with E-state index in [0.717, 1.165) is 0 Å². The summed E-state index contributed by atoms with van der Waals surface area (Å²) < 4.78 is 0. The van der Waals surface area contributed by atoms with Gasteiger partial charge in [-0.1, -0.05) is 25.2 Å². The summed E-state index contributed by atoms with van der Waals surface area (Å²) in [5.41, 5.74) is 1.52. The van der Waals surface area contributed by atoms with Crippen LogP contribution >= 0.6 is 22.9 Å². The van der Waals surface area contributed by atoms with E-state index in [4.69, 9.17) is 11.6 Å². The average Bonchev–Trinajstić information content (AvgIpc) is 2.87. The minimum absolute atomic E-state index is 0.258. The van der Waals surface area contributed by atoms with E-state index < -0.39 is 12.1 Å². The van der Waals surface area contributed by atoms with Gasteiger partial charge in [0.2, 0.25) is 11.0 Å². The number of nitrogens with one attached hydrogen (secondary N) is 3. The standard InChI is InChI=1S/C11H18ClN5O2S/c1-7(2)5-8(15-10(19)13-4-3-12)9(18)16-11-17-14-6-20-11/h6-8H,3-5H2,1-2H3,(H2,13,15,19)(H,16,17,18). The first-order chi connectivity index (χ1) is 9.52. The number of hydrogen-bond acceptors (Lipinski definition) is 5. The van der Waals surface area contributed by atoms with Crippen LogP contribution in [0.15, 0.2) is 5.51 Å². The number of halogens is 1. The van der Waals surface area contributed by atoms with Gasteiger partial charge in [-0.2, -0.15) is 0 Å². The number of alkyl halides is 1. The molecule has 0 fully saturated rings. The van der Waals surface area contributed by atoms with Crippen molar-refractivity contribution >= 4 is 40.0 Å². The third kappa shape index (κ3) is 6.16. The third-order valence-corrected chi connectivity index (χ3v) is 3.09. The molecule has 0 aliphatic heterocycles. The van der Waals surface area contributed by atoms with Crippen molar-refractivity contribution < 1.29 is 9.59 Å². The maximum Gasteiger partial charge on any atom is 0.315 e. The van der Waals surface area contributed by atoms with Crippen LogP contribution in [0.2, 0.25) is 0 Å². The molecule has 1 heterocycles. The molecule has 0 bridgehead atoms. The van der Waals surface area contributed by atoms with E-state index in [1.807, 2.05) is 13.8 Å². The fourth-order valence-corrected chi connectivity index (χ4v) is 2.04. The van der Waals surface area contributed by atoms with Crippen molar-refractivity contribution in [2.24, 2.45) is 5.92 Å². The topological polar surface area (TPSA) is 96.0 Å². The van der Waals surface area contributed by atoms with Crippen LogP contribution in [0.4, 0.5) is 9.93 Å². The van der Waals surface area contributed by atoms with E-state index in [1.54, 1.807) is 0 Å². The number of urea groups is 1. The van der Waals surface area contributed by atoms with Crippen molar-refractivity contribution in [3.05, 3.63) is 5.51 Å².